The van der Waals surface area contributed by atoms with E-state index in [4.69, 9.17) is 14.2 Å². The first-order valence-electron chi connectivity index (χ1n) is 11.3. The fraction of sp³-hybridized carbons (Fsp3) is 0.429. The number of rotatable bonds is 10. The number of hydrogen-bond donors (Lipinski definition) is 0. The van der Waals surface area contributed by atoms with Gasteiger partial charge >= 0.3 is 0 Å². The van der Waals surface area contributed by atoms with Gasteiger partial charge in [0.25, 0.3) is 0 Å². The van der Waals surface area contributed by atoms with E-state index in [0.29, 0.717) is 25.7 Å². The molecule has 3 rings (SSSR count). The van der Waals surface area contributed by atoms with E-state index in [0.717, 1.165) is 12.2 Å². The first-order chi connectivity index (χ1) is 14.8. The van der Waals surface area contributed by atoms with Crippen molar-refractivity contribution in [3.63, 3.8) is 0 Å². The maximum atomic E-state index is 5.90. The van der Waals surface area contributed by atoms with Crippen LogP contribution in [0.15, 0.2) is 66.7 Å². The molecule has 0 spiro atoms. The summed E-state index contributed by atoms with van der Waals surface area (Å²) in [7, 11) is 0. The van der Waals surface area contributed by atoms with Crippen molar-refractivity contribution in [1.29, 1.82) is 0 Å². The minimum Gasteiger partial charge on any atom is -0.465 e. The molecule has 0 saturated carbocycles. The van der Waals surface area contributed by atoms with Gasteiger partial charge in [-0.2, -0.15) is 0 Å². The Labute approximate surface area is 187 Å². The first kappa shape index (κ1) is 23.3. The molecule has 0 radical (unpaired) electrons. The van der Waals surface area contributed by atoms with Crippen LogP contribution in [-0.2, 0) is 16.1 Å². The van der Waals surface area contributed by atoms with Gasteiger partial charge in [0.1, 0.15) is 5.75 Å². The van der Waals surface area contributed by atoms with Crippen LogP contribution in [0.5, 0.6) is 5.75 Å². The lowest BCUT2D eigenvalue weighted by molar-refractivity contribution is -0.0720. The molecule has 166 valence electrons. The summed E-state index contributed by atoms with van der Waals surface area (Å²) in [6.45, 7) is 12.9. The van der Waals surface area contributed by atoms with Gasteiger partial charge in [-0.15, -0.1) is 0 Å². The zero-order valence-electron chi connectivity index (χ0n) is 19.6. The summed E-state index contributed by atoms with van der Waals surface area (Å²) in [5.41, 5.74) is 2.80. The summed E-state index contributed by atoms with van der Waals surface area (Å²) in [6, 6.07) is 23.1. The zero-order valence-corrected chi connectivity index (χ0v) is 19.6. The lowest BCUT2D eigenvalue weighted by atomic mass is 9.78. The van der Waals surface area contributed by atoms with Gasteiger partial charge in [0.2, 0.25) is 0 Å². The molecule has 0 bridgehead atoms. The molecule has 2 atom stereocenters. The molecular formula is C28H36O3. The van der Waals surface area contributed by atoms with E-state index in [1.807, 2.05) is 19.1 Å². The van der Waals surface area contributed by atoms with Crippen LogP contribution in [0.25, 0.3) is 10.8 Å². The Hall–Kier alpha value is -2.36. The molecule has 3 aromatic rings. The fourth-order valence-electron chi connectivity index (χ4n) is 3.57. The van der Waals surface area contributed by atoms with E-state index in [1.54, 1.807) is 0 Å². The molecule has 0 aliphatic heterocycles. The Balaban J connectivity index is 1.35. The second-order valence-electron chi connectivity index (χ2n) is 9.26. The van der Waals surface area contributed by atoms with Crippen molar-refractivity contribution in [2.75, 3.05) is 13.2 Å². The Morgan fingerprint density at radius 2 is 1.52 bits per heavy atom. The quantitative estimate of drug-likeness (QED) is 0.254. The predicted octanol–water partition coefficient (Wildman–Crippen LogP) is 7.34. The van der Waals surface area contributed by atoms with Crippen LogP contribution < -0.4 is 4.74 Å². The highest BCUT2D eigenvalue weighted by atomic mass is 16.7. The molecule has 0 heterocycles. The first-order valence-corrected chi connectivity index (χ1v) is 11.3. The largest absolute Gasteiger partial charge is 0.465 e. The van der Waals surface area contributed by atoms with E-state index >= 15 is 0 Å². The van der Waals surface area contributed by atoms with Gasteiger partial charge in [0.15, 0.2) is 6.29 Å². The number of hydrogen-bond acceptors (Lipinski definition) is 3. The molecule has 31 heavy (non-hydrogen) atoms. The second-order valence-corrected chi connectivity index (χ2v) is 9.26. The Morgan fingerprint density at radius 1 is 0.806 bits per heavy atom. The number of ether oxygens (including phenoxy) is 3. The third kappa shape index (κ3) is 6.81. The predicted molar refractivity (Wildman–Crippen MR) is 129 cm³/mol. The van der Waals surface area contributed by atoms with Gasteiger partial charge in [-0.1, -0.05) is 82.3 Å². The number of benzene rings is 3. The van der Waals surface area contributed by atoms with Gasteiger partial charge in [-0.25, -0.2) is 0 Å². The highest BCUT2D eigenvalue weighted by Crippen LogP contribution is 2.35. The van der Waals surface area contributed by atoms with Crippen molar-refractivity contribution < 1.29 is 14.2 Å². The van der Waals surface area contributed by atoms with E-state index in [-0.39, 0.29) is 11.7 Å². The van der Waals surface area contributed by atoms with Crippen molar-refractivity contribution in [3.05, 3.63) is 77.9 Å². The molecule has 0 saturated heterocycles. The van der Waals surface area contributed by atoms with Crippen molar-refractivity contribution in [2.45, 2.75) is 59.9 Å². The van der Waals surface area contributed by atoms with Crippen molar-refractivity contribution in [1.82, 2.24) is 0 Å². The average Bonchev–Trinajstić information content (AvgIpc) is 2.75. The molecule has 3 nitrogen and oxygen atoms in total. The average molecular weight is 421 g/mol. The number of fused-ring (bicyclic) bond motifs is 1. The smallest absolute Gasteiger partial charge is 0.196 e. The van der Waals surface area contributed by atoms with Crippen LogP contribution in [0.3, 0.4) is 0 Å². The molecule has 0 amide bonds. The van der Waals surface area contributed by atoms with Crippen LogP contribution in [-0.4, -0.2) is 19.5 Å². The third-order valence-electron chi connectivity index (χ3n) is 5.90. The standard InChI is InChI=1S/C28H36O3/c1-21(28(3,4)5)23-14-16-26(17-15-23)31-22(2)30-19-9-18-29-20-25-12-8-11-24-10-6-7-13-27(24)25/h6-8,10-17,21-22H,9,18-20H2,1-5H3. The Kier molecular flexibility index (Phi) is 8.11. The molecule has 3 aromatic carbocycles. The summed E-state index contributed by atoms with van der Waals surface area (Å²) in [4.78, 5) is 0. The summed E-state index contributed by atoms with van der Waals surface area (Å²) in [5.74, 6) is 1.33. The topological polar surface area (TPSA) is 27.7 Å². The highest BCUT2D eigenvalue weighted by Gasteiger charge is 2.21. The van der Waals surface area contributed by atoms with Crippen LogP contribution in [0.4, 0.5) is 0 Å². The zero-order chi connectivity index (χ0) is 22.3. The van der Waals surface area contributed by atoms with Crippen molar-refractivity contribution >= 4 is 10.8 Å². The summed E-state index contributed by atoms with van der Waals surface area (Å²) in [5, 5.41) is 2.50. The van der Waals surface area contributed by atoms with Gasteiger partial charge in [-0.05, 0) is 58.7 Å². The Morgan fingerprint density at radius 3 is 2.26 bits per heavy atom. The summed E-state index contributed by atoms with van der Waals surface area (Å²) >= 11 is 0. The van der Waals surface area contributed by atoms with Gasteiger partial charge in [0.05, 0.1) is 13.2 Å². The van der Waals surface area contributed by atoms with Crippen LogP contribution in [0, 0.1) is 5.41 Å². The van der Waals surface area contributed by atoms with Crippen molar-refractivity contribution in [2.24, 2.45) is 5.41 Å². The highest BCUT2D eigenvalue weighted by molar-refractivity contribution is 5.85. The fourth-order valence-corrected chi connectivity index (χ4v) is 3.57. The van der Waals surface area contributed by atoms with E-state index < -0.39 is 0 Å². The monoisotopic (exact) mass is 420 g/mol. The second kappa shape index (κ2) is 10.8. The molecule has 0 aliphatic rings. The van der Waals surface area contributed by atoms with Crippen LogP contribution in [0.2, 0.25) is 0 Å². The van der Waals surface area contributed by atoms with E-state index in [2.05, 4.69) is 82.3 Å². The minimum absolute atomic E-state index is 0.245. The SMILES string of the molecule is CC(OCCCOCc1cccc2ccccc12)Oc1ccc(C(C)C(C)(C)C)cc1. The summed E-state index contributed by atoms with van der Waals surface area (Å²) in [6.07, 6.45) is 0.546. The van der Waals surface area contributed by atoms with Crippen LogP contribution >= 0.6 is 0 Å². The minimum atomic E-state index is -0.288. The van der Waals surface area contributed by atoms with Gasteiger partial charge < -0.3 is 14.2 Å². The molecule has 0 aromatic heterocycles. The Bertz CT molecular complexity index is 935. The lowest BCUT2D eigenvalue weighted by Gasteiger charge is -2.27. The van der Waals surface area contributed by atoms with E-state index in [9.17, 15) is 0 Å². The molecule has 3 heteroatoms. The van der Waals surface area contributed by atoms with Gasteiger partial charge in [0, 0.05) is 6.61 Å². The van der Waals surface area contributed by atoms with Crippen LogP contribution in [0.1, 0.15) is 58.1 Å². The maximum Gasteiger partial charge on any atom is 0.196 e. The normalized spacial score (nSPS) is 13.8. The third-order valence-corrected chi connectivity index (χ3v) is 5.90. The molecule has 0 fully saturated rings. The molecular weight excluding hydrogens is 384 g/mol. The molecule has 0 N–H and O–H groups in total. The summed E-state index contributed by atoms with van der Waals surface area (Å²) < 4.78 is 17.6. The molecule has 0 aliphatic carbocycles. The molecule has 2 unspecified atom stereocenters. The van der Waals surface area contributed by atoms with Crippen molar-refractivity contribution in [3.8, 4) is 5.75 Å². The van der Waals surface area contributed by atoms with Gasteiger partial charge in [-0.3, -0.25) is 0 Å². The lowest BCUT2D eigenvalue weighted by Crippen LogP contribution is -2.18. The maximum absolute atomic E-state index is 5.90. The van der Waals surface area contributed by atoms with E-state index in [1.165, 1.54) is 21.9 Å².